The van der Waals surface area contributed by atoms with E-state index in [9.17, 15) is 13.2 Å². The zero-order chi connectivity index (χ0) is 14.1. The van der Waals surface area contributed by atoms with Gasteiger partial charge in [0.05, 0.1) is 11.0 Å². The molecule has 0 saturated heterocycles. The maximum Gasteiger partial charge on any atom is 0.328 e. The third-order valence-electron chi connectivity index (χ3n) is 3.44. The first kappa shape index (κ1) is 14.1. The average molecular weight is 282 g/mol. The second kappa shape index (κ2) is 4.96. The van der Waals surface area contributed by atoms with E-state index in [1.165, 1.54) is 12.1 Å². The summed E-state index contributed by atoms with van der Waals surface area (Å²) in [6, 6.07) is 8.12. The minimum absolute atomic E-state index is 0.190. The van der Waals surface area contributed by atoms with Crippen LogP contribution >= 0.6 is 0 Å². The molecule has 0 aromatic heterocycles. The van der Waals surface area contributed by atoms with E-state index in [1.807, 2.05) is 0 Å². The van der Waals surface area contributed by atoms with Crippen molar-refractivity contribution in [2.24, 2.45) is 0 Å². The molecule has 2 rings (SSSR count). The minimum Gasteiger partial charge on any atom is -0.462 e. The fraction of sp³-hybridized carbons (Fsp3) is 0.500. The van der Waals surface area contributed by atoms with Gasteiger partial charge in [-0.3, -0.25) is 4.79 Å². The molecule has 1 aliphatic carbocycles. The molecule has 1 fully saturated rings. The van der Waals surface area contributed by atoms with Crippen molar-refractivity contribution in [1.82, 2.24) is 0 Å². The van der Waals surface area contributed by atoms with Crippen LogP contribution in [0.15, 0.2) is 35.2 Å². The van der Waals surface area contributed by atoms with Gasteiger partial charge in [0.25, 0.3) is 0 Å². The minimum atomic E-state index is -3.68. The lowest BCUT2D eigenvalue weighted by molar-refractivity contribution is -0.153. The fourth-order valence-corrected chi connectivity index (χ4v) is 4.29. The molecule has 0 aliphatic heterocycles. The van der Waals surface area contributed by atoms with Gasteiger partial charge < -0.3 is 4.74 Å². The number of hydrogen-bond acceptors (Lipinski definition) is 4. The molecular formula is C14H18O4S. The lowest BCUT2D eigenvalue weighted by atomic mass is 9.84. The van der Waals surface area contributed by atoms with E-state index < -0.39 is 20.6 Å². The molecule has 0 radical (unpaired) electrons. The number of rotatable bonds is 4. The first-order valence-electron chi connectivity index (χ1n) is 6.41. The Bertz CT molecular complexity index is 556. The van der Waals surface area contributed by atoms with Gasteiger partial charge in [-0.25, -0.2) is 8.42 Å². The summed E-state index contributed by atoms with van der Waals surface area (Å²) < 4.78 is 29.1. The fourth-order valence-electron chi connectivity index (χ4n) is 2.23. The van der Waals surface area contributed by atoms with Crippen LogP contribution in [0.5, 0.6) is 0 Å². The van der Waals surface area contributed by atoms with Crippen molar-refractivity contribution in [3.63, 3.8) is 0 Å². The van der Waals surface area contributed by atoms with Gasteiger partial charge >= 0.3 is 5.97 Å². The smallest absolute Gasteiger partial charge is 0.328 e. The first-order valence-corrected chi connectivity index (χ1v) is 7.89. The standard InChI is InChI=1S/C14H18O4S/c1-11(2)18-13(15)14(9-6-10-14)19(16,17)12-7-4-3-5-8-12/h3-5,7-8,11H,6,9-10H2,1-2H3. The van der Waals surface area contributed by atoms with Gasteiger partial charge in [-0.15, -0.1) is 0 Å². The van der Waals surface area contributed by atoms with Crippen LogP contribution < -0.4 is 0 Å². The molecule has 0 N–H and O–H groups in total. The summed E-state index contributed by atoms with van der Waals surface area (Å²) in [6.45, 7) is 3.44. The molecule has 0 amide bonds. The lowest BCUT2D eigenvalue weighted by Gasteiger charge is -2.38. The van der Waals surface area contributed by atoms with Crippen molar-refractivity contribution < 1.29 is 17.9 Å². The second-order valence-electron chi connectivity index (χ2n) is 5.12. The van der Waals surface area contributed by atoms with Crippen molar-refractivity contribution in [2.45, 2.75) is 48.9 Å². The topological polar surface area (TPSA) is 60.4 Å². The van der Waals surface area contributed by atoms with Crippen LogP contribution in [-0.2, 0) is 19.4 Å². The summed E-state index contributed by atoms with van der Waals surface area (Å²) in [7, 11) is -3.68. The zero-order valence-electron chi connectivity index (χ0n) is 11.1. The Balaban J connectivity index is 2.39. The van der Waals surface area contributed by atoms with Gasteiger partial charge in [-0.1, -0.05) is 18.2 Å². The van der Waals surface area contributed by atoms with Gasteiger partial charge in [-0.2, -0.15) is 0 Å². The normalized spacial score (nSPS) is 17.8. The van der Waals surface area contributed by atoms with E-state index in [0.29, 0.717) is 12.8 Å². The van der Waals surface area contributed by atoms with Gasteiger partial charge in [-0.05, 0) is 45.2 Å². The first-order chi connectivity index (χ1) is 8.90. The monoisotopic (exact) mass is 282 g/mol. The molecule has 0 unspecified atom stereocenters. The average Bonchev–Trinajstić information content (AvgIpc) is 2.27. The molecule has 0 bridgehead atoms. The highest BCUT2D eigenvalue weighted by Gasteiger charge is 2.57. The van der Waals surface area contributed by atoms with Crippen LogP contribution in [0.2, 0.25) is 0 Å². The van der Waals surface area contributed by atoms with E-state index >= 15 is 0 Å². The molecule has 19 heavy (non-hydrogen) atoms. The second-order valence-corrected chi connectivity index (χ2v) is 7.38. The Hall–Kier alpha value is -1.36. The predicted octanol–water partition coefficient (Wildman–Crippen LogP) is 2.33. The SMILES string of the molecule is CC(C)OC(=O)C1(S(=O)(=O)c2ccccc2)CCC1. The highest BCUT2D eigenvalue weighted by atomic mass is 32.2. The number of hydrogen-bond donors (Lipinski definition) is 0. The molecule has 104 valence electrons. The number of ether oxygens (including phenoxy) is 1. The summed E-state index contributed by atoms with van der Waals surface area (Å²) in [4.78, 5) is 12.4. The summed E-state index contributed by atoms with van der Waals surface area (Å²) >= 11 is 0. The maximum absolute atomic E-state index is 12.7. The van der Waals surface area contributed by atoms with Crippen LogP contribution in [0.3, 0.4) is 0 Å². The molecule has 0 atom stereocenters. The Morgan fingerprint density at radius 1 is 1.21 bits per heavy atom. The van der Waals surface area contributed by atoms with Crippen molar-refractivity contribution in [1.29, 1.82) is 0 Å². The summed E-state index contributed by atoms with van der Waals surface area (Å²) in [5.41, 5.74) is 0. The highest BCUT2D eigenvalue weighted by molar-refractivity contribution is 7.93. The van der Waals surface area contributed by atoms with Crippen LogP contribution in [0.1, 0.15) is 33.1 Å². The van der Waals surface area contributed by atoms with E-state index in [-0.39, 0.29) is 11.0 Å². The van der Waals surface area contributed by atoms with Crippen LogP contribution in [0.4, 0.5) is 0 Å². The van der Waals surface area contributed by atoms with Crippen LogP contribution in [0, 0.1) is 0 Å². The third-order valence-corrected chi connectivity index (χ3v) is 5.94. The number of esters is 1. The van der Waals surface area contributed by atoms with E-state index in [1.54, 1.807) is 32.0 Å². The van der Waals surface area contributed by atoms with E-state index in [4.69, 9.17) is 4.74 Å². The Morgan fingerprint density at radius 2 is 1.79 bits per heavy atom. The molecule has 0 heterocycles. The maximum atomic E-state index is 12.7. The quantitative estimate of drug-likeness (QED) is 0.795. The van der Waals surface area contributed by atoms with Gasteiger partial charge in [0.2, 0.25) is 0 Å². The molecular weight excluding hydrogens is 264 g/mol. The van der Waals surface area contributed by atoms with Crippen molar-refractivity contribution in [2.75, 3.05) is 0 Å². The van der Waals surface area contributed by atoms with Crippen LogP contribution in [0.25, 0.3) is 0 Å². The Morgan fingerprint density at radius 3 is 2.21 bits per heavy atom. The molecule has 4 nitrogen and oxygen atoms in total. The molecule has 1 aromatic carbocycles. The largest absolute Gasteiger partial charge is 0.462 e. The number of carbonyl (C=O) groups excluding carboxylic acids is 1. The predicted molar refractivity (Wildman–Crippen MR) is 71.4 cm³/mol. The number of benzene rings is 1. The summed E-state index contributed by atoms with van der Waals surface area (Å²) in [6.07, 6.45) is 1.11. The van der Waals surface area contributed by atoms with Gasteiger partial charge in [0, 0.05) is 0 Å². The van der Waals surface area contributed by atoms with Crippen molar-refractivity contribution in [3.8, 4) is 0 Å². The van der Waals surface area contributed by atoms with Gasteiger partial charge in [0.1, 0.15) is 0 Å². The molecule has 5 heteroatoms. The molecule has 1 saturated carbocycles. The molecule has 0 spiro atoms. The van der Waals surface area contributed by atoms with Crippen LogP contribution in [-0.4, -0.2) is 25.2 Å². The molecule has 1 aliphatic rings. The Labute approximate surface area is 113 Å². The highest BCUT2D eigenvalue weighted by Crippen LogP contribution is 2.43. The molecule has 1 aromatic rings. The van der Waals surface area contributed by atoms with E-state index in [0.717, 1.165) is 6.42 Å². The number of carbonyl (C=O) groups is 1. The Kier molecular flexibility index (Phi) is 3.67. The summed E-state index contributed by atoms with van der Waals surface area (Å²) in [5.74, 6) is -0.613. The zero-order valence-corrected chi connectivity index (χ0v) is 11.9. The van der Waals surface area contributed by atoms with E-state index in [2.05, 4.69) is 0 Å². The van der Waals surface area contributed by atoms with Crippen molar-refractivity contribution in [3.05, 3.63) is 30.3 Å². The summed E-state index contributed by atoms with van der Waals surface area (Å²) in [5, 5.41) is 0. The van der Waals surface area contributed by atoms with Crippen molar-refractivity contribution >= 4 is 15.8 Å². The third kappa shape index (κ3) is 2.27. The number of sulfone groups is 1. The lowest BCUT2D eigenvalue weighted by Crippen LogP contribution is -2.53. The van der Waals surface area contributed by atoms with Gasteiger partial charge in [0.15, 0.2) is 14.6 Å².